The summed E-state index contributed by atoms with van der Waals surface area (Å²) in [5, 5.41) is 0. The van der Waals surface area contributed by atoms with Gasteiger partial charge in [-0.25, -0.2) is 0 Å². The van der Waals surface area contributed by atoms with Crippen LogP contribution < -0.4 is 0 Å². The molecular weight excluding hydrogens is 601 g/mol. The van der Waals surface area contributed by atoms with Gasteiger partial charge in [0.05, 0.1) is 0 Å². The van der Waals surface area contributed by atoms with Gasteiger partial charge in [0.15, 0.2) is 0 Å². The van der Waals surface area contributed by atoms with Crippen LogP contribution in [-0.2, 0) is 24.4 Å². The normalized spacial score (nSPS) is 0.500. The zero-order valence-corrected chi connectivity index (χ0v) is 17.2. The maximum atomic E-state index is 8.39. The fourth-order valence-corrected chi connectivity index (χ4v) is 0. The van der Waals surface area contributed by atoms with Crippen LogP contribution in [0.15, 0.2) is 0 Å². The van der Waals surface area contributed by atoms with Gasteiger partial charge in [0, 0.05) is 62.6 Å². The van der Waals surface area contributed by atoms with Crippen molar-refractivity contribution in [3.05, 3.63) is 0 Å². The minimum Gasteiger partial charge on any atom is 0 e. The van der Waals surface area contributed by atoms with Gasteiger partial charge in [0.25, 0.3) is 0 Å². The van der Waals surface area contributed by atoms with Crippen LogP contribution in [-0.4, -0.2) is 91.1 Å². The summed E-state index contributed by atoms with van der Waals surface area (Å²) in [6, 6.07) is 0. The smallest absolute Gasteiger partial charge is 0 e. The Morgan fingerprint density at radius 2 is 1.00 bits per heavy atom. The first-order valence-electron chi connectivity index (χ1n) is 0.204. The largest absolute Gasteiger partial charge is 0 e. The molecule has 0 amide bonds. The average Bonchev–Trinajstić information content (AvgIpc) is 1.00. The van der Waals surface area contributed by atoms with Crippen LogP contribution in [0.3, 0.4) is 0 Å². The van der Waals surface area contributed by atoms with Gasteiger partial charge < -0.3 is 19.3 Å². The minimum absolute atomic E-state index is 0. The maximum absolute atomic E-state index is 8.39. The summed E-state index contributed by atoms with van der Waals surface area (Å²) >= 11 is 0.0556. The van der Waals surface area contributed by atoms with Gasteiger partial charge in [-0.2, -0.15) is 0 Å². The molecule has 46 valence electrons. The predicted octanol–water partition coefficient (Wildman–Crippen LogP) is -3.13. The fraction of sp³-hybridized carbons (Fsp3) is 0. The average molecular weight is 609 g/mol. The van der Waals surface area contributed by atoms with Gasteiger partial charge in [-0.3, -0.25) is 0 Å². The van der Waals surface area contributed by atoms with Gasteiger partial charge in [-0.1, -0.05) is 0 Å². The second-order valence-electron chi connectivity index (χ2n) is 0. The fourth-order valence-electron chi connectivity index (χ4n) is 0. The summed E-state index contributed by atoms with van der Waals surface area (Å²) in [6.45, 7) is 0. The Morgan fingerprint density at radius 3 is 1.00 bits per heavy atom. The Morgan fingerprint density at radius 1 is 1.00 bits per heavy atom. The second kappa shape index (κ2) is 65.6. The Kier molecular flexibility index (Phi) is 462. The monoisotopic (exact) mass is 608 g/mol. The molecule has 0 saturated heterocycles. The molecule has 8 heavy (non-hydrogen) atoms. The molecule has 2 radical (unpaired) electrons. The molecule has 0 fully saturated rings. The summed E-state index contributed by atoms with van der Waals surface area (Å²) in [4.78, 5) is 0. The Labute approximate surface area is 155 Å². The third-order valence-corrected chi connectivity index (χ3v) is 0. The van der Waals surface area contributed by atoms with E-state index in [0.29, 0.717) is 0 Å². The molecule has 0 aliphatic heterocycles. The Balaban J connectivity index is -0.000000000179. The molecule has 0 aromatic heterocycles. The molecule has 0 aliphatic carbocycles. The standard InChI is InChI=1S/Ba.Nd.3H2O.O.Pb.Ti.2H/h;;3*1H2;;;;;/q+2;;;;;;;;2*-1. The number of rotatable bonds is 0. The molecule has 0 spiro atoms. The van der Waals surface area contributed by atoms with Crippen LogP contribution in [0.4, 0.5) is 0 Å². The van der Waals surface area contributed by atoms with Gasteiger partial charge in [0.2, 0.25) is 0 Å². The van der Waals surface area contributed by atoms with Crippen molar-refractivity contribution in [3.8, 4) is 0 Å². The molecule has 4 nitrogen and oxygen atoms in total. The summed E-state index contributed by atoms with van der Waals surface area (Å²) < 4.78 is 8.39. The zero-order chi connectivity index (χ0) is 2.00. The summed E-state index contributed by atoms with van der Waals surface area (Å²) in [5.41, 5.74) is 0. The summed E-state index contributed by atoms with van der Waals surface area (Å²) in [5.74, 6) is 0. The van der Waals surface area contributed by atoms with E-state index >= 15 is 0 Å². The Hall–Kier alpha value is 4.24. The van der Waals surface area contributed by atoms with E-state index in [1.165, 1.54) is 0 Å². The molecule has 0 rings (SSSR count). The van der Waals surface area contributed by atoms with Crippen molar-refractivity contribution >= 4 is 74.7 Å². The van der Waals surface area contributed by atoms with Crippen molar-refractivity contribution in [2.24, 2.45) is 0 Å². The maximum Gasteiger partial charge on any atom is 0 e. The van der Waals surface area contributed by atoms with Gasteiger partial charge in [0.1, 0.15) is 0 Å². The molecule has 0 heterocycles. The van der Waals surface area contributed by atoms with Gasteiger partial charge in [-0.05, 0) is 0 Å². The van der Waals surface area contributed by atoms with Crippen molar-refractivity contribution in [2.45, 2.75) is 0 Å². The molecule has 0 saturated carbocycles. The molecule has 0 bridgehead atoms. The second-order valence-corrected chi connectivity index (χ2v) is 0. The van der Waals surface area contributed by atoms with Gasteiger partial charge in [-0.15, -0.1) is 0 Å². The van der Waals surface area contributed by atoms with Crippen molar-refractivity contribution in [2.75, 3.05) is 0 Å². The van der Waals surface area contributed by atoms with Gasteiger partial charge >= 0.3 is 77.3 Å². The zero-order valence-electron chi connectivity index (χ0n) is 6.12. The molecule has 8 heteroatoms. The molecule has 0 aliphatic rings. The third-order valence-electron chi connectivity index (χ3n) is 0. The van der Waals surface area contributed by atoms with Crippen molar-refractivity contribution in [1.29, 1.82) is 0 Å². The molecule has 0 unspecified atom stereocenters. The van der Waals surface area contributed by atoms with Crippen molar-refractivity contribution in [3.63, 3.8) is 0 Å². The topological polar surface area (TPSA) is 112 Å². The van der Waals surface area contributed by atoms with Crippen LogP contribution in [0.1, 0.15) is 2.85 Å². The molecule has 0 aromatic carbocycles. The first-order chi connectivity index (χ1) is 1.00. The third kappa shape index (κ3) is 48.6. The molecule has 0 aromatic rings. The van der Waals surface area contributed by atoms with Crippen molar-refractivity contribution < 1.29 is 84.5 Å². The SMILES string of the molecule is O.O.O.[Ba+2].[H-].[H-].[Nd].[O]=[Pb].[Ti]. The predicted molar refractivity (Wildman–Crippen MR) is 25.3 cm³/mol. The van der Waals surface area contributed by atoms with Crippen LogP contribution in [0.2, 0.25) is 0 Å². The van der Waals surface area contributed by atoms with Crippen LogP contribution >= 0.6 is 0 Å². The van der Waals surface area contributed by atoms with Crippen LogP contribution in [0, 0.1) is 40.8 Å². The minimum atomic E-state index is 0. The molecule has 0 atom stereocenters. The number of hydrogen-bond acceptors (Lipinski definition) is 1. The molecule has 6 N–H and O–H groups in total. The van der Waals surface area contributed by atoms with Crippen LogP contribution in [0.25, 0.3) is 0 Å². The number of hydrogen-bond donors (Lipinski definition) is 0. The molecular formula is H8BaNdO4PbTi. The summed E-state index contributed by atoms with van der Waals surface area (Å²) in [6.07, 6.45) is 0. The quantitative estimate of drug-likeness (QED) is 0.266. The first kappa shape index (κ1) is 56.3. The van der Waals surface area contributed by atoms with Crippen molar-refractivity contribution in [1.82, 2.24) is 0 Å². The van der Waals surface area contributed by atoms with Crippen LogP contribution in [0.5, 0.6) is 0 Å². The summed E-state index contributed by atoms with van der Waals surface area (Å²) in [7, 11) is 0. The van der Waals surface area contributed by atoms with E-state index in [0.717, 1.165) is 0 Å². The van der Waals surface area contributed by atoms with E-state index in [1.54, 1.807) is 0 Å². The van der Waals surface area contributed by atoms with E-state index in [1.807, 2.05) is 0 Å². The van der Waals surface area contributed by atoms with E-state index < -0.39 is 0 Å². The first-order valence-corrected chi connectivity index (χ1v) is 1.79. The van der Waals surface area contributed by atoms with E-state index in [4.69, 9.17) is 2.69 Å². The van der Waals surface area contributed by atoms with E-state index in [9.17, 15) is 0 Å². The van der Waals surface area contributed by atoms with E-state index in [-0.39, 0.29) is 157 Å². The Bertz CT molecular complexity index is 23.2. The van der Waals surface area contributed by atoms with E-state index in [2.05, 4.69) is 0 Å².